The van der Waals surface area contributed by atoms with E-state index in [1.807, 2.05) is 24.3 Å². The molecule has 0 radical (unpaired) electrons. The third-order valence-corrected chi connectivity index (χ3v) is 2.94. The molecule has 0 unspecified atom stereocenters. The first-order valence-corrected chi connectivity index (χ1v) is 5.91. The Bertz CT molecular complexity index is 734. The molecule has 2 heterocycles. The molecule has 0 spiro atoms. The topological polar surface area (TPSA) is 70.7 Å². The third kappa shape index (κ3) is 1.95. The molecule has 1 amide bonds. The highest BCUT2D eigenvalue weighted by atomic mass is 16.1. The number of fused-ring (bicyclic) bond motifs is 1. The number of pyridine rings is 1. The molecule has 2 aromatic heterocycles. The van der Waals surface area contributed by atoms with Crippen LogP contribution < -0.4 is 5.32 Å². The third-order valence-electron chi connectivity index (χ3n) is 2.94. The highest BCUT2D eigenvalue weighted by molar-refractivity contribution is 6.05. The summed E-state index contributed by atoms with van der Waals surface area (Å²) in [5.41, 5.74) is 3.02. The highest BCUT2D eigenvalue weighted by Gasteiger charge is 2.12. The highest BCUT2D eigenvalue weighted by Crippen LogP contribution is 2.22. The fourth-order valence-corrected chi connectivity index (χ4v) is 2.00. The first-order chi connectivity index (χ1) is 9.29. The largest absolute Gasteiger partial charge is 0.355 e. The van der Waals surface area contributed by atoms with Crippen molar-refractivity contribution in [1.82, 2.24) is 20.3 Å². The zero-order chi connectivity index (χ0) is 13.2. The summed E-state index contributed by atoms with van der Waals surface area (Å²) in [6, 6.07) is 9.24. The van der Waals surface area contributed by atoms with Crippen LogP contribution >= 0.6 is 0 Å². The van der Waals surface area contributed by atoms with Gasteiger partial charge in [-0.05, 0) is 24.3 Å². The van der Waals surface area contributed by atoms with E-state index in [9.17, 15) is 4.79 Å². The molecule has 94 valence electrons. The van der Waals surface area contributed by atoms with Crippen LogP contribution in [0.2, 0.25) is 0 Å². The van der Waals surface area contributed by atoms with Gasteiger partial charge in [0.1, 0.15) is 11.3 Å². The van der Waals surface area contributed by atoms with Gasteiger partial charge in [-0.2, -0.15) is 0 Å². The molecule has 0 aliphatic carbocycles. The Labute approximate surface area is 109 Å². The Morgan fingerprint density at radius 2 is 2.00 bits per heavy atom. The van der Waals surface area contributed by atoms with Crippen molar-refractivity contribution in [2.45, 2.75) is 0 Å². The summed E-state index contributed by atoms with van der Waals surface area (Å²) < 4.78 is 0. The number of para-hydroxylation sites is 1. The molecule has 5 heteroatoms. The summed E-state index contributed by atoms with van der Waals surface area (Å²) in [6.07, 6.45) is 3.42. The fourth-order valence-electron chi connectivity index (χ4n) is 2.00. The fraction of sp³-hybridized carbons (Fsp3) is 0.0714. The van der Waals surface area contributed by atoms with E-state index in [4.69, 9.17) is 0 Å². The van der Waals surface area contributed by atoms with Gasteiger partial charge in [0, 0.05) is 25.0 Å². The van der Waals surface area contributed by atoms with Crippen molar-refractivity contribution in [3.05, 3.63) is 48.3 Å². The Kier molecular flexibility index (Phi) is 2.72. The molecule has 0 atom stereocenters. The van der Waals surface area contributed by atoms with Crippen LogP contribution in [0.3, 0.4) is 0 Å². The number of nitrogens with zero attached hydrogens (tertiary/aromatic N) is 2. The van der Waals surface area contributed by atoms with Crippen molar-refractivity contribution in [3.63, 3.8) is 0 Å². The van der Waals surface area contributed by atoms with Crippen LogP contribution in [-0.4, -0.2) is 27.9 Å². The number of aromatic amines is 1. The number of amides is 1. The maximum Gasteiger partial charge on any atom is 0.253 e. The van der Waals surface area contributed by atoms with Gasteiger partial charge in [-0.25, -0.2) is 4.98 Å². The van der Waals surface area contributed by atoms with E-state index in [2.05, 4.69) is 20.3 Å². The number of rotatable bonds is 2. The van der Waals surface area contributed by atoms with Gasteiger partial charge in [0.15, 0.2) is 0 Å². The molecular weight excluding hydrogens is 240 g/mol. The van der Waals surface area contributed by atoms with Crippen LogP contribution in [0.15, 0.2) is 42.7 Å². The number of benzene rings is 1. The van der Waals surface area contributed by atoms with Crippen molar-refractivity contribution in [2.24, 2.45) is 0 Å². The smallest absolute Gasteiger partial charge is 0.253 e. The second-order valence-electron chi connectivity index (χ2n) is 4.10. The molecule has 0 saturated heterocycles. The number of carbonyl (C=O) groups is 1. The van der Waals surface area contributed by atoms with Gasteiger partial charge in [-0.3, -0.25) is 9.78 Å². The molecule has 0 fully saturated rings. The van der Waals surface area contributed by atoms with Crippen LogP contribution in [0.5, 0.6) is 0 Å². The second-order valence-corrected chi connectivity index (χ2v) is 4.10. The molecule has 0 bridgehead atoms. The van der Waals surface area contributed by atoms with Crippen LogP contribution in [0.4, 0.5) is 0 Å². The zero-order valence-corrected chi connectivity index (χ0v) is 10.3. The molecular formula is C14H12N4O. The minimum Gasteiger partial charge on any atom is -0.355 e. The normalized spacial score (nSPS) is 10.6. The SMILES string of the molecule is CNC(=O)c1cccc2[nH]c(-c3ccncc3)nc12. The van der Waals surface area contributed by atoms with Crippen LogP contribution in [0.25, 0.3) is 22.4 Å². The van der Waals surface area contributed by atoms with Crippen molar-refractivity contribution in [3.8, 4) is 11.4 Å². The maximum atomic E-state index is 11.8. The van der Waals surface area contributed by atoms with Gasteiger partial charge < -0.3 is 10.3 Å². The van der Waals surface area contributed by atoms with E-state index in [-0.39, 0.29) is 5.91 Å². The standard InChI is InChI=1S/C14H12N4O/c1-15-14(19)10-3-2-4-11-12(10)18-13(17-11)9-5-7-16-8-6-9/h2-8H,1H3,(H,15,19)(H,17,18). The Morgan fingerprint density at radius 3 is 2.74 bits per heavy atom. The number of carbonyl (C=O) groups excluding carboxylic acids is 1. The maximum absolute atomic E-state index is 11.8. The first-order valence-electron chi connectivity index (χ1n) is 5.91. The molecule has 3 rings (SSSR count). The molecule has 2 N–H and O–H groups in total. The van der Waals surface area contributed by atoms with Crippen molar-refractivity contribution in [2.75, 3.05) is 7.05 Å². The molecule has 0 aliphatic heterocycles. The van der Waals surface area contributed by atoms with Gasteiger partial charge >= 0.3 is 0 Å². The van der Waals surface area contributed by atoms with Crippen molar-refractivity contribution in [1.29, 1.82) is 0 Å². The monoisotopic (exact) mass is 252 g/mol. The van der Waals surface area contributed by atoms with Crippen LogP contribution in [0.1, 0.15) is 10.4 Å². The molecule has 5 nitrogen and oxygen atoms in total. The summed E-state index contributed by atoms with van der Waals surface area (Å²) in [5.74, 6) is 0.590. The van der Waals surface area contributed by atoms with E-state index < -0.39 is 0 Å². The average molecular weight is 252 g/mol. The van der Waals surface area contributed by atoms with E-state index >= 15 is 0 Å². The summed E-state index contributed by atoms with van der Waals surface area (Å²) >= 11 is 0. The number of hydrogen-bond acceptors (Lipinski definition) is 3. The van der Waals surface area contributed by atoms with E-state index in [0.29, 0.717) is 11.1 Å². The molecule has 1 aromatic carbocycles. The first kappa shape index (κ1) is 11.4. The van der Waals surface area contributed by atoms with E-state index in [1.54, 1.807) is 25.5 Å². The minimum absolute atomic E-state index is 0.140. The Morgan fingerprint density at radius 1 is 1.21 bits per heavy atom. The second kappa shape index (κ2) is 4.53. The van der Waals surface area contributed by atoms with Gasteiger partial charge in [-0.1, -0.05) is 6.07 Å². The van der Waals surface area contributed by atoms with Crippen molar-refractivity contribution < 1.29 is 4.79 Å². The number of hydrogen-bond donors (Lipinski definition) is 2. The van der Waals surface area contributed by atoms with Gasteiger partial charge in [0.05, 0.1) is 11.1 Å². The lowest BCUT2D eigenvalue weighted by molar-refractivity contribution is 0.0964. The molecule has 19 heavy (non-hydrogen) atoms. The van der Waals surface area contributed by atoms with Gasteiger partial charge in [0.2, 0.25) is 0 Å². The van der Waals surface area contributed by atoms with Gasteiger partial charge in [-0.15, -0.1) is 0 Å². The van der Waals surface area contributed by atoms with Gasteiger partial charge in [0.25, 0.3) is 5.91 Å². The average Bonchev–Trinajstić information content (AvgIpc) is 2.91. The van der Waals surface area contributed by atoms with Crippen LogP contribution in [-0.2, 0) is 0 Å². The lowest BCUT2D eigenvalue weighted by Crippen LogP contribution is -2.18. The number of H-pyrrole nitrogens is 1. The molecule has 0 saturated carbocycles. The number of imidazole rings is 1. The van der Waals surface area contributed by atoms with Crippen molar-refractivity contribution >= 4 is 16.9 Å². The summed E-state index contributed by atoms with van der Waals surface area (Å²) in [6.45, 7) is 0. The predicted octanol–water partition coefficient (Wildman–Crippen LogP) is 1.98. The number of nitrogens with one attached hydrogen (secondary N) is 2. The number of aromatic nitrogens is 3. The Hall–Kier alpha value is -2.69. The lowest BCUT2D eigenvalue weighted by Gasteiger charge is -1.99. The lowest BCUT2D eigenvalue weighted by atomic mass is 10.2. The zero-order valence-electron chi connectivity index (χ0n) is 10.3. The quantitative estimate of drug-likeness (QED) is 0.732. The molecule has 3 aromatic rings. The molecule has 0 aliphatic rings. The van der Waals surface area contributed by atoms with Crippen LogP contribution in [0, 0.1) is 0 Å². The summed E-state index contributed by atoms with van der Waals surface area (Å²) in [5, 5.41) is 2.62. The summed E-state index contributed by atoms with van der Waals surface area (Å²) in [4.78, 5) is 23.5. The summed E-state index contributed by atoms with van der Waals surface area (Å²) in [7, 11) is 1.61. The minimum atomic E-state index is -0.140. The van der Waals surface area contributed by atoms with E-state index in [0.717, 1.165) is 16.9 Å². The predicted molar refractivity (Wildman–Crippen MR) is 72.7 cm³/mol. The van der Waals surface area contributed by atoms with E-state index in [1.165, 1.54) is 0 Å². The Balaban J connectivity index is 2.19.